The molecule has 2 aromatic rings. The number of anilines is 1. The van der Waals surface area contributed by atoms with Crippen LogP contribution in [0.4, 0.5) is 10.1 Å². The highest BCUT2D eigenvalue weighted by molar-refractivity contribution is 7.92. The highest BCUT2D eigenvalue weighted by atomic mass is 35.5. The summed E-state index contributed by atoms with van der Waals surface area (Å²) in [5.41, 5.74) is 0.998. The average Bonchev–Trinajstić information content (AvgIpc) is 2.53. The number of halogens is 3. The predicted molar refractivity (Wildman–Crippen MR) is 111 cm³/mol. The smallest absolute Gasteiger partial charge is 0.229 e. The molecule has 0 radical (unpaired) electrons. The second-order valence-electron chi connectivity index (χ2n) is 6.84. The van der Waals surface area contributed by atoms with Gasteiger partial charge in [0.15, 0.2) is 0 Å². The molecule has 148 valence electrons. The van der Waals surface area contributed by atoms with Crippen LogP contribution in [-0.4, -0.2) is 25.4 Å². The minimum Gasteiger partial charge on any atom is -0.385 e. The topological polar surface area (TPSA) is 66.4 Å². The van der Waals surface area contributed by atoms with E-state index in [2.05, 4.69) is 4.72 Å². The molecule has 0 saturated carbocycles. The lowest BCUT2D eigenvalue weighted by Gasteiger charge is -2.28. The zero-order valence-electron chi connectivity index (χ0n) is 14.9. The fourth-order valence-electron chi connectivity index (χ4n) is 3.18. The molecule has 28 heavy (non-hydrogen) atoms. The maximum Gasteiger partial charge on any atom is 0.229 e. The molecule has 0 bridgehead atoms. The Morgan fingerprint density at radius 1 is 1.18 bits per heavy atom. The molecule has 3 rings (SSSR count). The second kappa shape index (κ2) is 7.87. The Labute approximate surface area is 173 Å². The molecule has 1 unspecified atom stereocenters. The first-order valence-electron chi connectivity index (χ1n) is 8.36. The second-order valence-corrected chi connectivity index (χ2v) is 9.51. The largest absolute Gasteiger partial charge is 0.385 e. The standard InChI is InChI=1S/C20H18Cl2FNO3S/c1-28(26,27)24-19-8-13(10-20(25)11-15(21)9-16(22)12-20)2-7-18(19)14-3-5-17(23)6-4-14/h2-9,11,24-25H,10,12H2,1H3. The molecule has 0 amide bonds. The molecule has 1 aliphatic rings. The zero-order chi connectivity index (χ0) is 20.5. The van der Waals surface area contributed by atoms with Crippen molar-refractivity contribution < 1.29 is 17.9 Å². The summed E-state index contributed by atoms with van der Waals surface area (Å²) < 4.78 is 39.4. The van der Waals surface area contributed by atoms with Gasteiger partial charge in [-0.2, -0.15) is 0 Å². The number of hydrogen-bond donors (Lipinski definition) is 2. The van der Waals surface area contributed by atoms with Crippen LogP contribution in [0.25, 0.3) is 11.1 Å². The number of sulfonamides is 1. The van der Waals surface area contributed by atoms with Gasteiger partial charge in [-0.15, -0.1) is 0 Å². The van der Waals surface area contributed by atoms with Gasteiger partial charge < -0.3 is 5.11 Å². The van der Waals surface area contributed by atoms with E-state index in [1.54, 1.807) is 36.4 Å². The van der Waals surface area contributed by atoms with Gasteiger partial charge >= 0.3 is 0 Å². The van der Waals surface area contributed by atoms with Crippen molar-refractivity contribution in [2.75, 3.05) is 11.0 Å². The first-order valence-corrected chi connectivity index (χ1v) is 11.0. The van der Waals surface area contributed by atoms with Gasteiger partial charge in [-0.3, -0.25) is 4.72 Å². The number of allylic oxidation sites excluding steroid dienone is 2. The van der Waals surface area contributed by atoms with Crippen LogP contribution in [0.5, 0.6) is 0 Å². The summed E-state index contributed by atoms with van der Waals surface area (Å²) in [6, 6.07) is 10.9. The predicted octanol–water partition coefficient (Wildman–Crippen LogP) is 4.79. The summed E-state index contributed by atoms with van der Waals surface area (Å²) in [5.74, 6) is -0.383. The maximum absolute atomic E-state index is 13.2. The van der Waals surface area contributed by atoms with E-state index in [9.17, 15) is 17.9 Å². The molecule has 0 aromatic heterocycles. The van der Waals surface area contributed by atoms with E-state index < -0.39 is 15.6 Å². The van der Waals surface area contributed by atoms with Crippen LogP contribution in [0.15, 0.2) is 64.7 Å². The van der Waals surface area contributed by atoms with Crippen LogP contribution >= 0.6 is 23.2 Å². The lowest BCUT2D eigenvalue weighted by Crippen LogP contribution is -2.31. The summed E-state index contributed by atoms with van der Waals surface area (Å²) in [5, 5.41) is 11.6. The minimum absolute atomic E-state index is 0.190. The van der Waals surface area contributed by atoms with Crippen molar-refractivity contribution in [3.8, 4) is 11.1 Å². The number of hydrogen-bond acceptors (Lipinski definition) is 3. The van der Waals surface area contributed by atoms with Crippen LogP contribution in [0.1, 0.15) is 12.0 Å². The SMILES string of the molecule is CS(=O)(=O)Nc1cc(CC2(O)C=C(Cl)C=C(Cl)C2)ccc1-c1ccc(F)cc1. The van der Waals surface area contributed by atoms with Gasteiger partial charge in [0.2, 0.25) is 10.0 Å². The van der Waals surface area contributed by atoms with Gasteiger partial charge in [-0.05, 0) is 41.5 Å². The normalized spacial score (nSPS) is 19.8. The van der Waals surface area contributed by atoms with Crippen LogP contribution < -0.4 is 4.72 Å². The van der Waals surface area contributed by atoms with Gasteiger partial charge in [0.05, 0.1) is 17.5 Å². The molecule has 0 spiro atoms. The molecule has 2 N–H and O–H groups in total. The fraction of sp³-hybridized carbons (Fsp3) is 0.200. The molecule has 1 atom stereocenters. The third-order valence-corrected chi connectivity index (χ3v) is 5.27. The molecule has 2 aromatic carbocycles. The Balaban J connectivity index is 1.99. The van der Waals surface area contributed by atoms with Gasteiger partial charge in [0.25, 0.3) is 0 Å². The maximum atomic E-state index is 13.2. The van der Waals surface area contributed by atoms with E-state index in [0.29, 0.717) is 32.4 Å². The van der Waals surface area contributed by atoms with Gasteiger partial charge in [-0.1, -0.05) is 47.5 Å². The Morgan fingerprint density at radius 2 is 1.86 bits per heavy atom. The Kier molecular flexibility index (Phi) is 5.87. The molecule has 4 nitrogen and oxygen atoms in total. The molecule has 1 aliphatic carbocycles. The first-order chi connectivity index (χ1) is 13.0. The lowest BCUT2D eigenvalue weighted by atomic mass is 9.87. The van der Waals surface area contributed by atoms with E-state index in [-0.39, 0.29) is 18.7 Å². The van der Waals surface area contributed by atoms with E-state index in [1.807, 2.05) is 0 Å². The summed E-state index contributed by atoms with van der Waals surface area (Å²) in [4.78, 5) is 0. The van der Waals surface area contributed by atoms with E-state index in [4.69, 9.17) is 23.2 Å². The third-order valence-electron chi connectivity index (χ3n) is 4.22. The van der Waals surface area contributed by atoms with Crippen molar-refractivity contribution in [3.63, 3.8) is 0 Å². The van der Waals surface area contributed by atoms with Gasteiger partial charge in [-0.25, -0.2) is 12.8 Å². The number of aliphatic hydroxyl groups is 1. The third kappa shape index (κ3) is 5.35. The zero-order valence-corrected chi connectivity index (χ0v) is 17.2. The summed E-state index contributed by atoms with van der Waals surface area (Å²) in [6.07, 6.45) is 4.55. The quantitative estimate of drug-likeness (QED) is 0.700. The van der Waals surface area contributed by atoms with E-state index >= 15 is 0 Å². The van der Waals surface area contributed by atoms with Crippen molar-refractivity contribution in [1.29, 1.82) is 0 Å². The summed E-state index contributed by atoms with van der Waals surface area (Å²) in [6.45, 7) is 0. The van der Waals surface area contributed by atoms with Crippen molar-refractivity contribution >= 4 is 38.9 Å². The van der Waals surface area contributed by atoms with Crippen LogP contribution in [0, 0.1) is 5.82 Å². The molecular weight excluding hydrogens is 424 g/mol. The Morgan fingerprint density at radius 3 is 2.46 bits per heavy atom. The molecule has 0 fully saturated rings. The van der Waals surface area contributed by atoms with Crippen LogP contribution in [-0.2, 0) is 16.4 Å². The lowest BCUT2D eigenvalue weighted by molar-refractivity contribution is 0.0919. The number of benzene rings is 2. The Bertz CT molecular complexity index is 1070. The summed E-state index contributed by atoms with van der Waals surface area (Å²) in [7, 11) is -3.55. The average molecular weight is 442 g/mol. The van der Waals surface area contributed by atoms with Crippen molar-refractivity contribution in [3.05, 3.63) is 76.1 Å². The van der Waals surface area contributed by atoms with E-state index in [0.717, 1.165) is 6.26 Å². The molecule has 0 aliphatic heterocycles. The highest BCUT2D eigenvalue weighted by Crippen LogP contribution is 2.35. The van der Waals surface area contributed by atoms with Crippen molar-refractivity contribution in [2.45, 2.75) is 18.4 Å². The first kappa shape index (κ1) is 20.9. The monoisotopic (exact) mass is 441 g/mol. The fourth-order valence-corrected chi connectivity index (χ4v) is 4.48. The highest BCUT2D eigenvalue weighted by Gasteiger charge is 2.29. The molecule has 0 saturated heterocycles. The Hall–Kier alpha value is -1.86. The van der Waals surface area contributed by atoms with Gasteiger partial charge in [0.1, 0.15) is 5.82 Å². The van der Waals surface area contributed by atoms with Crippen molar-refractivity contribution in [2.24, 2.45) is 0 Å². The molecule has 8 heteroatoms. The molecular formula is C20H18Cl2FNO3S. The molecule has 0 heterocycles. The van der Waals surface area contributed by atoms with Gasteiger partial charge in [0, 0.05) is 28.5 Å². The summed E-state index contributed by atoms with van der Waals surface area (Å²) >= 11 is 12.1. The minimum atomic E-state index is -3.55. The van der Waals surface area contributed by atoms with Crippen LogP contribution in [0.2, 0.25) is 0 Å². The number of rotatable bonds is 5. The van der Waals surface area contributed by atoms with E-state index in [1.165, 1.54) is 18.2 Å². The number of nitrogens with one attached hydrogen (secondary N) is 1. The van der Waals surface area contributed by atoms with Crippen molar-refractivity contribution in [1.82, 2.24) is 0 Å². The van der Waals surface area contributed by atoms with Crippen LogP contribution in [0.3, 0.4) is 0 Å².